The quantitative estimate of drug-likeness (QED) is 0.848. The highest BCUT2D eigenvalue weighted by molar-refractivity contribution is 9.09. The van der Waals surface area contributed by atoms with Crippen LogP contribution in [0.3, 0.4) is 0 Å². The molecule has 0 saturated heterocycles. The second-order valence-electron chi connectivity index (χ2n) is 3.67. The van der Waals surface area contributed by atoms with Crippen LogP contribution in [-0.4, -0.2) is 17.0 Å². The number of hydrogen-bond donors (Lipinski definition) is 1. The minimum atomic E-state index is -0.760. The van der Waals surface area contributed by atoms with Gasteiger partial charge >= 0.3 is 0 Å². The Morgan fingerprint density at radius 3 is 2.50 bits per heavy atom. The maximum absolute atomic E-state index is 13.6. The number of anilines is 1. The van der Waals surface area contributed by atoms with Gasteiger partial charge in [0.25, 0.3) is 0 Å². The lowest BCUT2D eigenvalue weighted by Gasteiger charge is -2.08. The number of alkyl halides is 1. The van der Waals surface area contributed by atoms with E-state index < -0.39 is 17.5 Å². The zero-order chi connectivity index (χ0) is 13.7. The van der Waals surface area contributed by atoms with E-state index in [-0.39, 0.29) is 35.2 Å². The number of carbonyl (C=O) groups excluding carboxylic acids is 2. The second kappa shape index (κ2) is 6.58. The van der Waals surface area contributed by atoms with E-state index in [2.05, 4.69) is 21.2 Å². The molecule has 0 bridgehead atoms. The average molecular weight is 320 g/mol. The normalized spacial score (nSPS) is 10.2. The van der Waals surface area contributed by atoms with Crippen LogP contribution in [0.5, 0.6) is 0 Å². The van der Waals surface area contributed by atoms with Gasteiger partial charge in [-0.05, 0) is 11.6 Å². The van der Waals surface area contributed by atoms with E-state index >= 15 is 0 Å². The van der Waals surface area contributed by atoms with Gasteiger partial charge in [0, 0.05) is 18.9 Å². The number of nitrogens with one attached hydrogen (secondary N) is 1. The fourth-order valence-electron chi connectivity index (χ4n) is 1.34. The van der Waals surface area contributed by atoms with Gasteiger partial charge in [-0.2, -0.15) is 0 Å². The molecule has 18 heavy (non-hydrogen) atoms. The molecule has 0 spiro atoms. The van der Waals surface area contributed by atoms with Gasteiger partial charge in [0.1, 0.15) is 17.4 Å². The molecular formula is C12H12BrF2NO2. The Morgan fingerprint density at radius 2 is 1.94 bits per heavy atom. The van der Waals surface area contributed by atoms with E-state index in [0.717, 1.165) is 12.1 Å². The van der Waals surface area contributed by atoms with Gasteiger partial charge in [-0.3, -0.25) is 9.59 Å². The summed E-state index contributed by atoms with van der Waals surface area (Å²) < 4.78 is 27.2. The minimum Gasteiger partial charge on any atom is -0.323 e. The number of carbonyl (C=O) groups is 2. The van der Waals surface area contributed by atoms with Gasteiger partial charge in [-0.25, -0.2) is 8.78 Å². The average Bonchev–Trinajstić information content (AvgIpc) is 2.34. The lowest BCUT2D eigenvalue weighted by molar-refractivity contribution is -0.118. The Morgan fingerprint density at radius 1 is 1.28 bits per heavy atom. The molecule has 1 N–H and O–H groups in total. The number of benzene rings is 1. The predicted octanol–water partition coefficient (Wildman–Crippen LogP) is 2.82. The molecular weight excluding hydrogens is 308 g/mol. The van der Waals surface area contributed by atoms with Gasteiger partial charge in [0.15, 0.2) is 0 Å². The topological polar surface area (TPSA) is 46.2 Å². The monoisotopic (exact) mass is 319 g/mol. The van der Waals surface area contributed by atoms with Crippen LogP contribution in [0.25, 0.3) is 0 Å². The van der Waals surface area contributed by atoms with Crippen LogP contribution < -0.4 is 5.32 Å². The maximum Gasteiger partial charge on any atom is 0.235 e. The summed E-state index contributed by atoms with van der Waals surface area (Å²) in [4.78, 5) is 22.2. The number of rotatable bonds is 5. The van der Waals surface area contributed by atoms with Gasteiger partial charge in [0.2, 0.25) is 5.91 Å². The Balaban J connectivity index is 2.96. The maximum atomic E-state index is 13.6. The molecule has 0 atom stereocenters. The third kappa shape index (κ3) is 3.87. The van der Waals surface area contributed by atoms with E-state index in [4.69, 9.17) is 0 Å². The van der Waals surface area contributed by atoms with Gasteiger partial charge in [-0.1, -0.05) is 22.9 Å². The molecule has 0 aliphatic carbocycles. The van der Waals surface area contributed by atoms with E-state index in [0.29, 0.717) is 0 Å². The van der Waals surface area contributed by atoms with Gasteiger partial charge in [-0.15, -0.1) is 0 Å². The smallest absolute Gasteiger partial charge is 0.235 e. The van der Waals surface area contributed by atoms with E-state index in [9.17, 15) is 18.4 Å². The lowest BCUT2D eigenvalue weighted by Crippen LogP contribution is -2.14. The number of amides is 1. The highest BCUT2D eigenvalue weighted by Crippen LogP contribution is 2.20. The molecule has 3 nitrogen and oxygen atoms in total. The second-order valence-corrected chi connectivity index (χ2v) is 4.24. The standard InChI is InChI=1S/C12H12BrF2NO2/c1-2-8(17)3-7-4-10(15)11(5-9(7)14)16-12(18)6-13/h4-5H,2-3,6H2,1H3,(H,16,18). The first-order valence-corrected chi connectivity index (χ1v) is 6.45. The van der Waals surface area contributed by atoms with Crippen LogP contribution in [0.1, 0.15) is 18.9 Å². The van der Waals surface area contributed by atoms with Crippen molar-refractivity contribution >= 4 is 33.3 Å². The zero-order valence-corrected chi connectivity index (χ0v) is 11.3. The van der Waals surface area contributed by atoms with Crippen LogP contribution in [-0.2, 0) is 16.0 Å². The summed E-state index contributed by atoms with van der Waals surface area (Å²) in [5, 5.41) is 2.20. The first kappa shape index (κ1) is 14.8. The van der Waals surface area contributed by atoms with Crippen molar-refractivity contribution in [1.29, 1.82) is 0 Å². The van der Waals surface area contributed by atoms with Crippen molar-refractivity contribution in [1.82, 2.24) is 0 Å². The van der Waals surface area contributed by atoms with E-state index in [1.165, 1.54) is 0 Å². The molecule has 0 saturated carbocycles. The van der Waals surface area contributed by atoms with Crippen LogP contribution in [0.15, 0.2) is 12.1 Å². The molecule has 1 aromatic rings. The SMILES string of the molecule is CCC(=O)Cc1cc(F)c(NC(=O)CBr)cc1F. The summed E-state index contributed by atoms with van der Waals surface area (Å²) in [5.41, 5.74) is -0.235. The summed E-state index contributed by atoms with van der Waals surface area (Å²) in [6.45, 7) is 1.65. The summed E-state index contributed by atoms with van der Waals surface area (Å²) >= 11 is 2.90. The molecule has 0 unspecified atom stereocenters. The highest BCUT2D eigenvalue weighted by Gasteiger charge is 2.13. The van der Waals surface area contributed by atoms with Crippen molar-refractivity contribution < 1.29 is 18.4 Å². The first-order chi connectivity index (χ1) is 8.47. The van der Waals surface area contributed by atoms with Gasteiger partial charge in [0.05, 0.1) is 11.0 Å². The third-order valence-electron chi connectivity index (χ3n) is 2.31. The minimum absolute atomic E-state index is 0.00353. The Labute approximate surface area is 112 Å². The van der Waals surface area contributed by atoms with Crippen molar-refractivity contribution in [2.24, 2.45) is 0 Å². The number of ketones is 1. The van der Waals surface area contributed by atoms with Crippen molar-refractivity contribution in [2.75, 3.05) is 10.6 Å². The van der Waals surface area contributed by atoms with Crippen molar-refractivity contribution in [3.63, 3.8) is 0 Å². The molecule has 1 aromatic carbocycles. The van der Waals surface area contributed by atoms with Crippen LogP contribution in [0.4, 0.5) is 14.5 Å². The number of Topliss-reactive ketones (excluding diaryl/α,β-unsaturated/α-hetero) is 1. The Kier molecular flexibility index (Phi) is 5.40. The summed E-state index contributed by atoms with van der Waals surface area (Å²) in [5.74, 6) is -2.12. The third-order valence-corrected chi connectivity index (χ3v) is 2.82. The lowest BCUT2D eigenvalue weighted by atomic mass is 10.1. The molecule has 1 rings (SSSR count). The fraction of sp³-hybridized carbons (Fsp3) is 0.333. The van der Waals surface area contributed by atoms with Crippen LogP contribution in [0, 0.1) is 11.6 Å². The molecule has 0 radical (unpaired) electrons. The summed E-state index contributed by atoms with van der Waals surface area (Å²) in [6, 6.07) is 1.82. The van der Waals surface area contributed by atoms with Crippen molar-refractivity contribution in [2.45, 2.75) is 19.8 Å². The molecule has 0 aromatic heterocycles. The predicted molar refractivity (Wildman–Crippen MR) is 67.8 cm³/mol. The van der Waals surface area contributed by atoms with Gasteiger partial charge < -0.3 is 5.32 Å². The molecule has 0 aliphatic heterocycles. The summed E-state index contributed by atoms with van der Waals surface area (Å²) in [7, 11) is 0. The molecule has 1 amide bonds. The Hall–Kier alpha value is -1.30. The van der Waals surface area contributed by atoms with Crippen molar-refractivity contribution in [3.05, 3.63) is 29.3 Å². The van der Waals surface area contributed by atoms with E-state index in [1.54, 1.807) is 6.92 Å². The molecule has 0 fully saturated rings. The molecule has 0 heterocycles. The number of halogens is 3. The highest BCUT2D eigenvalue weighted by atomic mass is 79.9. The first-order valence-electron chi connectivity index (χ1n) is 5.33. The number of hydrogen-bond acceptors (Lipinski definition) is 2. The van der Waals surface area contributed by atoms with Crippen molar-refractivity contribution in [3.8, 4) is 0 Å². The zero-order valence-electron chi connectivity index (χ0n) is 9.73. The van der Waals surface area contributed by atoms with Crippen LogP contribution in [0.2, 0.25) is 0 Å². The molecule has 6 heteroatoms. The Bertz CT molecular complexity index is 434. The van der Waals surface area contributed by atoms with E-state index in [1.807, 2.05) is 0 Å². The molecule has 98 valence electrons. The molecule has 0 aliphatic rings. The summed E-state index contributed by atoms with van der Waals surface area (Å²) in [6.07, 6.45) is 0.120. The largest absolute Gasteiger partial charge is 0.323 e. The van der Waals surface area contributed by atoms with Crippen LogP contribution >= 0.6 is 15.9 Å². The fourth-order valence-corrected chi connectivity index (χ4v) is 1.48.